The fourth-order valence-corrected chi connectivity index (χ4v) is 5.70. The Morgan fingerprint density at radius 1 is 1.11 bits per heavy atom. The molecule has 0 spiro atoms. The molecular formula is C18H28S. The van der Waals surface area contributed by atoms with E-state index in [1.165, 1.54) is 32.1 Å². The van der Waals surface area contributed by atoms with Gasteiger partial charge in [-0.25, -0.2) is 0 Å². The third-order valence-corrected chi connectivity index (χ3v) is 7.00. The molecule has 1 heteroatoms. The van der Waals surface area contributed by atoms with Crippen LogP contribution in [0.25, 0.3) is 0 Å². The molecule has 1 aromatic heterocycles. The lowest BCUT2D eigenvalue weighted by Crippen LogP contribution is -2.14. The van der Waals surface area contributed by atoms with Gasteiger partial charge < -0.3 is 0 Å². The Labute approximate surface area is 122 Å². The van der Waals surface area contributed by atoms with Crippen LogP contribution in [0.2, 0.25) is 0 Å². The minimum atomic E-state index is 0.329. The van der Waals surface area contributed by atoms with E-state index >= 15 is 0 Å². The van der Waals surface area contributed by atoms with Gasteiger partial charge in [-0.1, -0.05) is 47.5 Å². The molecule has 0 saturated heterocycles. The molecule has 0 aliphatic heterocycles. The SMILES string of the molecule is CC(C)c1sc(C(C)(C)C)c2c1C1CCCCC1C2. The van der Waals surface area contributed by atoms with Gasteiger partial charge in [0.25, 0.3) is 0 Å². The highest BCUT2D eigenvalue weighted by Crippen LogP contribution is 2.54. The summed E-state index contributed by atoms with van der Waals surface area (Å²) in [4.78, 5) is 3.41. The monoisotopic (exact) mass is 276 g/mol. The Balaban J connectivity index is 2.12. The zero-order chi connectivity index (χ0) is 13.8. The van der Waals surface area contributed by atoms with Gasteiger partial charge >= 0.3 is 0 Å². The average molecular weight is 276 g/mol. The Morgan fingerprint density at radius 3 is 2.42 bits per heavy atom. The van der Waals surface area contributed by atoms with E-state index in [0.29, 0.717) is 11.3 Å². The van der Waals surface area contributed by atoms with Crippen molar-refractivity contribution in [3.63, 3.8) is 0 Å². The molecule has 0 radical (unpaired) electrons. The Kier molecular flexibility index (Phi) is 3.32. The molecular weight excluding hydrogens is 248 g/mol. The van der Waals surface area contributed by atoms with Gasteiger partial charge in [-0.2, -0.15) is 0 Å². The average Bonchev–Trinajstić information content (AvgIpc) is 2.83. The van der Waals surface area contributed by atoms with Crippen molar-refractivity contribution >= 4 is 11.3 Å². The molecule has 1 fully saturated rings. The van der Waals surface area contributed by atoms with Crippen molar-refractivity contribution in [2.45, 2.75) is 84.0 Å². The van der Waals surface area contributed by atoms with E-state index < -0.39 is 0 Å². The summed E-state index contributed by atoms with van der Waals surface area (Å²) in [6.07, 6.45) is 7.24. The summed E-state index contributed by atoms with van der Waals surface area (Å²) in [6, 6.07) is 0. The quantitative estimate of drug-likeness (QED) is 0.590. The summed E-state index contributed by atoms with van der Waals surface area (Å²) in [5, 5.41) is 0. The van der Waals surface area contributed by atoms with Gasteiger partial charge in [0.2, 0.25) is 0 Å². The minimum absolute atomic E-state index is 0.329. The molecule has 2 aliphatic carbocycles. The van der Waals surface area contributed by atoms with Gasteiger partial charge in [-0.05, 0) is 53.6 Å². The number of rotatable bonds is 1. The molecule has 0 aromatic carbocycles. The summed E-state index contributed by atoms with van der Waals surface area (Å²) in [7, 11) is 0. The number of fused-ring (bicyclic) bond motifs is 3. The van der Waals surface area contributed by atoms with E-state index in [9.17, 15) is 0 Å². The van der Waals surface area contributed by atoms with E-state index in [0.717, 1.165) is 11.8 Å². The highest BCUT2D eigenvalue weighted by molar-refractivity contribution is 7.12. The normalized spacial score (nSPS) is 26.6. The summed E-state index contributed by atoms with van der Waals surface area (Å²) in [6.45, 7) is 11.9. The van der Waals surface area contributed by atoms with Gasteiger partial charge in [-0.3, -0.25) is 0 Å². The van der Waals surface area contributed by atoms with Crippen LogP contribution < -0.4 is 0 Å². The van der Waals surface area contributed by atoms with E-state index in [-0.39, 0.29) is 0 Å². The zero-order valence-corrected chi connectivity index (χ0v) is 14.0. The fraction of sp³-hybridized carbons (Fsp3) is 0.778. The maximum atomic E-state index is 2.39. The molecule has 2 aliphatic rings. The fourth-order valence-electron chi connectivity index (χ4n) is 4.24. The highest BCUT2D eigenvalue weighted by Gasteiger charge is 2.40. The predicted molar refractivity (Wildman–Crippen MR) is 85.5 cm³/mol. The minimum Gasteiger partial charge on any atom is -0.144 e. The first-order valence-electron chi connectivity index (χ1n) is 8.05. The first-order chi connectivity index (χ1) is 8.89. The number of hydrogen-bond donors (Lipinski definition) is 0. The molecule has 106 valence electrons. The Morgan fingerprint density at radius 2 is 1.79 bits per heavy atom. The van der Waals surface area contributed by atoms with E-state index in [1.54, 1.807) is 15.3 Å². The Bertz CT molecular complexity index is 473. The van der Waals surface area contributed by atoms with Crippen molar-refractivity contribution in [3.05, 3.63) is 20.9 Å². The van der Waals surface area contributed by atoms with Crippen molar-refractivity contribution in [1.82, 2.24) is 0 Å². The second-order valence-corrected chi connectivity index (χ2v) is 9.00. The molecule has 19 heavy (non-hydrogen) atoms. The maximum absolute atomic E-state index is 2.39. The molecule has 1 heterocycles. The molecule has 1 saturated carbocycles. The molecule has 0 N–H and O–H groups in total. The maximum Gasteiger partial charge on any atom is 0.0137 e. The van der Waals surface area contributed by atoms with Crippen LogP contribution in [0, 0.1) is 5.92 Å². The molecule has 2 unspecified atom stereocenters. The molecule has 2 atom stereocenters. The standard InChI is InChI=1S/C18H28S/c1-11(2)16-15-13-9-7-6-8-12(13)10-14(15)17(19-16)18(3,4)5/h11-13H,6-10H2,1-5H3. The van der Waals surface area contributed by atoms with Crippen LogP contribution in [-0.2, 0) is 11.8 Å². The van der Waals surface area contributed by atoms with Crippen LogP contribution in [0.3, 0.4) is 0 Å². The summed E-state index contributed by atoms with van der Waals surface area (Å²) < 4.78 is 0. The summed E-state index contributed by atoms with van der Waals surface area (Å²) in [5.41, 5.74) is 3.92. The van der Waals surface area contributed by atoms with Gasteiger partial charge in [0.15, 0.2) is 0 Å². The lowest BCUT2D eigenvalue weighted by atomic mass is 9.79. The number of thiophene rings is 1. The smallest absolute Gasteiger partial charge is 0.0137 e. The van der Waals surface area contributed by atoms with Gasteiger partial charge in [-0.15, -0.1) is 11.3 Å². The molecule has 0 amide bonds. The van der Waals surface area contributed by atoms with Gasteiger partial charge in [0, 0.05) is 9.75 Å². The first-order valence-corrected chi connectivity index (χ1v) is 8.87. The summed E-state index contributed by atoms with van der Waals surface area (Å²) in [5.74, 6) is 2.59. The second-order valence-electron chi connectivity index (χ2n) is 7.95. The number of hydrogen-bond acceptors (Lipinski definition) is 1. The van der Waals surface area contributed by atoms with Crippen molar-refractivity contribution in [2.75, 3.05) is 0 Å². The van der Waals surface area contributed by atoms with Crippen LogP contribution >= 0.6 is 11.3 Å². The van der Waals surface area contributed by atoms with Crippen LogP contribution in [0.5, 0.6) is 0 Å². The van der Waals surface area contributed by atoms with Crippen LogP contribution in [0.15, 0.2) is 0 Å². The Hall–Kier alpha value is -0.300. The van der Waals surface area contributed by atoms with Crippen LogP contribution in [-0.4, -0.2) is 0 Å². The topological polar surface area (TPSA) is 0 Å². The largest absolute Gasteiger partial charge is 0.144 e. The van der Waals surface area contributed by atoms with Crippen LogP contribution in [0.4, 0.5) is 0 Å². The third-order valence-electron chi connectivity index (χ3n) is 5.03. The van der Waals surface area contributed by atoms with E-state index in [4.69, 9.17) is 0 Å². The molecule has 0 bridgehead atoms. The first kappa shape index (κ1) is 13.7. The molecule has 1 aromatic rings. The molecule has 0 nitrogen and oxygen atoms in total. The third kappa shape index (κ3) is 2.18. The predicted octanol–water partition coefficient (Wildman–Crippen LogP) is 6.00. The van der Waals surface area contributed by atoms with Gasteiger partial charge in [0.1, 0.15) is 0 Å². The second kappa shape index (κ2) is 4.62. The zero-order valence-electron chi connectivity index (χ0n) is 13.2. The van der Waals surface area contributed by atoms with Crippen molar-refractivity contribution in [1.29, 1.82) is 0 Å². The van der Waals surface area contributed by atoms with E-state index in [1.807, 2.05) is 5.56 Å². The lowest BCUT2D eigenvalue weighted by molar-refractivity contribution is 0.329. The lowest BCUT2D eigenvalue weighted by Gasteiger charge is -2.27. The highest BCUT2D eigenvalue weighted by atomic mass is 32.1. The van der Waals surface area contributed by atoms with Crippen molar-refractivity contribution in [3.8, 4) is 0 Å². The van der Waals surface area contributed by atoms with Crippen molar-refractivity contribution in [2.24, 2.45) is 5.92 Å². The molecule has 3 rings (SSSR count). The van der Waals surface area contributed by atoms with Gasteiger partial charge in [0.05, 0.1) is 0 Å². The summed E-state index contributed by atoms with van der Waals surface area (Å²) >= 11 is 2.13. The van der Waals surface area contributed by atoms with E-state index in [2.05, 4.69) is 46.0 Å². The van der Waals surface area contributed by atoms with Crippen molar-refractivity contribution < 1.29 is 0 Å². The van der Waals surface area contributed by atoms with Crippen LogP contribution in [0.1, 0.15) is 93.0 Å².